The van der Waals surface area contributed by atoms with Crippen LogP contribution in [0.2, 0.25) is 0 Å². The summed E-state index contributed by atoms with van der Waals surface area (Å²) in [6, 6.07) is 6.99. The van der Waals surface area contributed by atoms with Crippen molar-refractivity contribution in [3.63, 3.8) is 0 Å². The molecule has 5 rings (SSSR count). The predicted octanol–water partition coefficient (Wildman–Crippen LogP) is 2.28. The number of carboxylic acid groups (broad SMARTS) is 2. The molecule has 2 atom stereocenters. The Balaban J connectivity index is 1.80. The molecule has 4 heterocycles. The van der Waals surface area contributed by atoms with Gasteiger partial charge in [0.25, 0.3) is 0 Å². The van der Waals surface area contributed by atoms with Crippen LogP contribution in [0.15, 0.2) is 40.9 Å². The van der Waals surface area contributed by atoms with Gasteiger partial charge in [-0.2, -0.15) is 0 Å². The monoisotopic (exact) mass is 405 g/mol. The number of nitrogens with one attached hydrogen (secondary N) is 1. The Bertz CT molecular complexity index is 878. The van der Waals surface area contributed by atoms with Crippen molar-refractivity contribution in [1.82, 2.24) is 4.90 Å². The Morgan fingerprint density at radius 2 is 2.00 bits per heavy atom. The zero-order valence-electron chi connectivity index (χ0n) is 15.0. The van der Waals surface area contributed by atoms with Gasteiger partial charge in [-0.1, -0.05) is 23.7 Å². The van der Waals surface area contributed by atoms with Crippen molar-refractivity contribution in [3.05, 3.63) is 35.9 Å². The number of halogens is 1. The number of ether oxygens (including phenoxy) is 1. The van der Waals surface area contributed by atoms with Crippen LogP contribution in [0.3, 0.4) is 0 Å². The van der Waals surface area contributed by atoms with E-state index in [2.05, 4.69) is 15.2 Å². The molecule has 148 valence electrons. The van der Waals surface area contributed by atoms with Gasteiger partial charge in [-0.05, 0) is 44.0 Å². The van der Waals surface area contributed by atoms with Gasteiger partial charge in [-0.25, -0.2) is 14.6 Å². The fourth-order valence-corrected chi connectivity index (χ4v) is 4.42. The second-order valence-corrected chi connectivity index (χ2v) is 7.58. The molecule has 4 aliphatic heterocycles. The van der Waals surface area contributed by atoms with E-state index in [4.69, 9.17) is 16.3 Å². The highest BCUT2D eigenvalue weighted by Gasteiger charge is 2.51. The average Bonchev–Trinajstić information content (AvgIpc) is 2.67. The number of rotatable bonds is 5. The number of carbonyl (C=O) groups is 2. The van der Waals surface area contributed by atoms with Gasteiger partial charge in [0.15, 0.2) is 5.17 Å². The van der Waals surface area contributed by atoms with Gasteiger partial charge in [-0.3, -0.25) is 0 Å². The number of nitrogens with zero attached hydrogens (tertiary/aromatic N) is 2. The molecule has 1 aromatic carbocycles. The highest BCUT2D eigenvalue weighted by Crippen LogP contribution is 2.42. The summed E-state index contributed by atoms with van der Waals surface area (Å²) in [6.45, 7) is 2.60. The zero-order chi connectivity index (χ0) is 19.9. The van der Waals surface area contributed by atoms with Gasteiger partial charge >= 0.3 is 11.9 Å². The summed E-state index contributed by atoms with van der Waals surface area (Å²) < 4.78 is 6.32. The number of carboxylic acids is 2. The third kappa shape index (κ3) is 3.28. The molecule has 3 saturated heterocycles. The van der Waals surface area contributed by atoms with Crippen LogP contribution in [-0.2, 0) is 14.3 Å². The summed E-state index contributed by atoms with van der Waals surface area (Å²) in [4.78, 5) is 30.0. The van der Waals surface area contributed by atoms with Crippen molar-refractivity contribution in [3.8, 4) is 0 Å². The summed E-state index contributed by atoms with van der Waals surface area (Å²) in [5, 5.41) is 21.9. The van der Waals surface area contributed by atoms with E-state index in [9.17, 15) is 19.8 Å². The first kappa shape index (κ1) is 18.9. The molecule has 2 bridgehead atoms. The maximum Gasteiger partial charge on any atom is 0.337 e. The van der Waals surface area contributed by atoms with Gasteiger partial charge in [0.05, 0.1) is 17.5 Å². The molecule has 1 aromatic rings. The van der Waals surface area contributed by atoms with Crippen LogP contribution in [0.25, 0.3) is 0 Å². The lowest BCUT2D eigenvalue weighted by molar-refractivity contribution is -0.140. The first-order valence-corrected chi connectivity index (χ1v) is 9.47. The number of aliphatic carboxylic acids is 2. The number of fused-ring (bicyclic) bond motifs is 4. The van der Waals surface area contributed by atoms with Crippen LogP contribution in [0, 0.1) is 5.92 Å². The quantitative estimate of drug-likeness (QED) is 0.644. The molecule has 0 aliphatic carbocycles. The number of piperidine rings is 3. The number of hydrogen-bond donors (Lipinski definition) is 3. The minimum atomic E-state index is -1.87. The largest absolute Gasteiger partial charge is 0.478 e. The molecule has 0 spiro atoms. The van der Waals surface area contributed by atoms with E-state index in [1.165, 1.54) is 0 Å². The van der Waals surface area contributed by atoms with Gasteiger partial charge in [0.1, 0.15) is 5.57 Å². The fraction of sp³-hybridized carbons (Fsp3) is 0.421. The third-order valence-electron chi connectivity index (χ3n) is 5.53. The predicted molar refractivity (Wildman–Crippen MR) is 103 cm³/mol. The lowest BCUT2D eigenvalue weighted by atomic mass is 9.85. The van der Waals surface area contributed by atoms with E-state index in [1.54, 1.807) is 24.3 Å². The summed E-state index contributed by atoms with van der Waals surface area (Å²) in [7, 11) is 0. The Labute approximate surface area is 166 Å². The average molecular weight is 406 g/mol. The fourth-order valence-electron chi connectivity index (χ4n) is 4.13. The molecule has 0 amide bonds. The van der Waals surface area contributed by atoms with Gasteiger partial charge < -0.3 is 25.2 Å². The molecular weight excluding hydrogens is 386 g/mol. The third-order valence-corrected chi connectivity index (χ3v) is 5.88. The van der Waals surface area contributed by atoms with E-state index in [0.29, 0.717) is 24.0 Å². The number of para-hydroxylation sites is 2. The maximum absolute atomic E-state index is 12.0. The number of aliphatic imine (C=N–C) groups is 1. The van der Waals surface area contributed by atoms with Gasteiger partial charge in [0.2, 0.25) is 5.72 Å². The highest BCUT2D eigenvalue weighted by molar-refractivity contribution is 6.69. The number of anilines is 1. The Morgan fingerprint density at radius 1 is 1.29 bits per heavy atom. The molecule has 3 fully saturated rings. The van der Waals surface area contributed by atoms with Crippen LogP contribution in [0.1, 0.15) is 12.8 Å². The van der Waals surface area contributed by atoms with E-state index >= 15 is 0 Å². The number of hydrogen-bond acceptors (Lipinski definition) is 6. The van der Waals surface area contributed by atoms with Crippen LogP contribution in [-0.4, -0.2) is 63.7 Å². The first-order valence-electron chi connectivity index (χ1n) is 9.09. The number of benzene rings is 1. The first-order chi connectivity index (χ1) is 13.4. The molecule has 8 nitrogen and oxygen atoms in total. The molecule has 3 N–H and O–H groups in total. The lowest BCUT2D eigenvalue weighted by Gasteiger charge is -2.48. The zero-order valence-corrected chi connectivity index (χ0v) is 15.7. The smallest absolute Gasteiger partial charge is 0.337 e. The maximum atomic E-state index is 12.0. The molecule has 9 heteroatoms. The molecule has 2 unspecified atom stereocenters. The van der Waals surface area contributed by atoms with Crippen molar-refractivity contribution < 1.29 is 24.5 Å². The Kier molecular flexibility index (Phi) is 4.86. The second-order valence-electron chi connectivity index (χ2n) is 7.22. The van der Waals surface area contributed by atoms with Crippen molar-refractivity contribution >= 4 is 40.1 Å². The Morgan fingerprint density at radius 3 is 2.61 bits per heavy atom. The standard InChI is InChI=1S/C19H20ClN3O5/c20-18-19(12(17(26)27)9-16(24)25,22-14-4-2-1-3-13(14)21-18)28-15-10-23-7-5-11(15)6-8-23/h1-4,9,11,15,22H,5-8,10H2,(H,24,25)(H,26,27)/b12-9-. The van der Waals surface area contributed by atoms with Crippen molar-refractivity contribution in [2.24, 2.45) is 10.9 Å². The van der Waals surface area contributed by atoms with Crippen LogP contribution >= 0.6 is 11.6 Å². The van der Waals surface area contributed by atoms with Crippen LogP contribution in [0.4, 0.5) is 11.4 Å². The van der Waals surface area contributed by atoms with Crippen molar-refractivity contribution in [1.29, 1.82) is 0 Å². The second kappa shape index (κ2) is 7.20. The summed E-state index contributed by atoms with van der Waals surface area (Å²) in [6.07, 6.45) is 2.21. The topological polar surface area (TPSA) is 111 Å². The van der Waals surface area contributed by atoms with Crippen LogP contribution < -0.4 is 5.32 Å². The van der Waals surface area contributed by atoms with Crippen LogP contribution in [0.5, 0.6) is 0 Å². The molecular formula is C19H20ClN3O5. The van der Waals surface area contributed by atoms with Crippen molar-refractivity contribution in [2.75, 3.05) is 25.0 Å². The minimum Gasteiger partial charge on any atom is -0.478 e. The van der Waals surface area contributed by atoms with Gasteiger partial charge in [0, 0.05) is 12.6 Å². The molecule has 0 radical (unpaired) electrons. The van der Waals surface area contributed by atoms with E-state index in [0.717, 1.165) is 25.9 Å². The SMILES string of the molecule is O=C(O)/C=C(/C(=O)O)C1(OC2CN3CCC2CC3)Nc2ccccc2N=C1Cl. The van der Waals surface area contributed by atoms with E-state index in [1.807, 2.05) is 0 Å². The molecule has 0 aromatic heterocycles. The molecule has 4 aliphatic rings. The molecule has 0 saturated carbocycles. The van der Waals surface area contributed by atoms with E-state index < -0.39 is 23.2 Å². The minimum absolute atomic E-state index is 0.155. The van der Waals surface area contributed by atoms with E-state index in [-0.39, 0.29) is 17.2 Å². The normalized spacial score (nSPS) is 31.5. The lowest BCUT2D eigenvalue weighted by Crippen LogP contribution is -2.60. The van der Waals surface area contributed by atoms with Gasteiger partial charge in [-0.15, -0.1) is 0 Å². The highest BCUT2D eigenvalue weighted by atomic mass is 35.5. The Hall–Kier alpha value is -2.42. The summed E-state index contributed by atoms with van der Waals surface area (Å²) in [5.74, 6) is -2.59. The summed E-state index contributed by atoms with van der Waals surface area (Å²) >= 11 is 6.46. The molecule has 28 heavy (non-hydrogen) atoms. The van der Waals surface area contributed by atoms with Crippen molar-refractivity contribution in [2.45, 2.75) is 24.7 Å². The summed E-state index contributed by atoms with van der Waals surface area (Å²) in [5.41, 5.74) is -1.34.